The third-order valence-corrected chi connectivity index (χ3v) is 7.71. The van der Waals surface area contributed by atoms with Crippen LogP contribution in [0, 0.1) is 6.92 Å². The van der Waals surface area contributed by atoms with Gasteiger partial charge in [0.25, 0.3) is 5.91 Å². The Bertz CT molecular complexity index is 1400. The van der Waals surface area contributed by atoms with E-state index in [1.807, 2.05) is 55.5 Å². The van der Waals surface area contributed by atoms with Crippen LogP contribution in [0.5, 0.6) is 11.6 Å². The molecule has 0 bridgehead atoms. The van der Waals surface area contributed by atoms with Crippen LogP contribution in [-0.2, 0) is 6.54 Å². The molecule has 0 spiro atoms. The molecule has 2 aromatic carbocycles. The second-order valence-electron chi connectivity index (χ2n) is 9.05. The summed E-state index contributed by atoms with van der Waals surface area (Å²) in [5, 5.41) is 10.4. The lowest BCUT2D eigenvalue weighted by Crippen LogP contribution is -2.37. The second-order valence-corrected chi connectivity index (χ2v) is 10.4. The van der Waals surface area contributed by atoms with E-state index in [2.05, 4.69) is 42.4 Å². The van der Waals surface area contributed by atoms with Crippen molar-refractivity contribution in [1.29, 1.82) is 0 Å². The minimum atomic E-state index is -0.112. The molecule has 1 N–H and O–H groups in total. The van der Waals surface area contributed by atoms with E-state index >= 15 is 0 Å². The highest BCUT2D eigenvalue weighted by Gasteiger charge is 2.14. The van der Waals surface area contributed by atoms with Gasteiger partial charge in [0.05, 0.1) is 30.5 Å². The zero-order valence-corrected chi connectivity index (χ0v) is 24.4. The van der Waals surface area contributed by atoms with Crippen molar-refractivity contribution in [2.75, 3.05) is 33.0 Å². The zero-order chi connectivity index (χ0) is 27.8. The molecule has 0 aliphatic rings. The van der Waals surface area contributed by atoms with Gasteiger partial charge in [-0.3, -0.25) is 9.69 Å². The summed E-state index contributed by atoms with van der Waals surface area (Å²) in [5.41, 5.74) is 4.47. The monoisotopic (exact) mass is 566 g/mol. The third kappa shape index (κ3) is 7.41. The molecule has 1 amide bonds. The van der Waals surface area contributed by atoms with Crippen LogP contribution >= 0.6 is 22.9 Å². The SMILES string of the molecule is CCOc1cc(-c2cccc(C(=O)NCN(CC)CC)c2)nn1CCOc1ccc(-c2cc(C)cs2)cc1Cl. The van der Waals surface area contributed by atoms with Crippen molar-refractivity contribution in [3.63, 3.8) is 0 Å². The number of hydrogen-bond acceptors (Lipinski definition) is 6. The van der Waals surface area contributed by atoms with Gasteiger partial charge in [-0.1, -0.05) is 37.6 Å². The number of aryl methyl sites for hydroxylation is 1. The predicted molar refractivity (Wildman–Crippen MR) is 159 cm³/mol. The molecular weight excluding hydrogens is 532 g/mol. The number of carbonyl (C=O) groups excluding carboxylic acids is 1. The van der Waals surface area contributed by atoms with Gasteiger partial charge in [-0.2, -0.15) is 5.10 Å². The highest BCUT2D eigenvalue weighted by atomic mass is 35.5. The first-order valence-corrected chi connectivity index (χ1v) is 14.5. The van der Waals surface area contributed by atoms with E-state index in [1.54, 1.807) is 16.0 Å². The Morgan fingerprint density at radius 1 is 1.05 bits per heavy atom. The lowest BCUT2D eigenvalue weighted by Gasteiger charge is -2.18. The van der Waals surface area contributed by atoms with Crippen LogP contribution in [0.15, 0.2) is 60.0 Å². The molecule has 4 aromatic rings. The Labute approximate surface area is 239 Å². The number of rotatable bonds is 13. The van der Waals surface area contributed by atoms with Crippen molar-refractivity contribution < 1.29 is 14.3 Å². The summed E-state index contributed by atoms with van der Waals surface area (Å²) >= 11 is 8.22. The second kappa shape index (κ2) is 13.6. The van der Waals surface area contributed by atoms with E-state index < -0.39 is 0 Å². The van der Waals surface area contributed by atoms with Crippen LogP contribution in [0.25, 0.3) is 21.7 Å². The molecule has 0 saturated heterocycles. The van der Waals surface area contributed by atoms with E-state index in [0.29, 0.717) is 48.6 Å². The Kier molecular flexibility index (Phi) is 10.0. The van der Waals surface area contributed by atoms with Crippen LogP contribution in [0.3, 0.4) is 0 Å². The molecule has 0 aliphatic carbocycles. The minimum Gasteiger partial charge on any atom is -0.490 e. The van der Waals surface area contributed by atoms with E-state index in [1.165, 1.54) is 10.4 Å². The molecule has 2 heterocycles. The molecule has 206 valence electrons. The number of thiophene rings is 1. The Morgan fingerprint density at radius 2 is 1.87 bits per heavy atom. The van der Waals surface area contributed by atoms with Gasteiger partial charge >= 0.3 is 0 Å². The first-order valence-electron chi connectivity index (χ1n) is 13.2. The molecule has 0 aliphatic heterocycles. The van der Waals surface area contributed by atoms with Crippen LogP contribution in [-0.4, -0.2) is 53.6 Å². The van der Waals surface area contributed by atoms with E-state index in [9.17, 15) is 4.79 Å². The fraction of sp³-hybridized carbons (Fsp3) is 0.333. The summed E-state index contributed by atoms with van der Waals surface area (Å²) in [6, 6.07) is 17.4. The summed E-state index contributed by atoms with van der Waals surface area (Å²) in [5.74, 6) is 1.16. The number of carbonyl (C=O) groups is 1. The topological polar surface area (TPSA) is 68.6 Å². The lowest BCUT2D eigenvalue weighted by molar-refractivity contribution is 0.0926. The summed E-state index contributed by atoms with van der Waals surface area (Å²) in [6.07, 6.45) is 0. The fourth-order valence-corrected chi connectivity index (χ4v) is 5.25. The normalized spacial score (nSPS) is 11.1. The molecule has 0 radical (unpaired) electrons. The summed E-state index contributed by atoms with van der Waals surface area (Å²) in [6.45, 7) is 11.8. The zero-order valence-electron chi connectivity index (χ0n) is 22.9. The molecule has 9 heteroatoms. The lowest BCUT2D eigenvalue weighted by atomic mass is 10.1. The summed E-state index contributed by atoms with van der Waals surface area (Å²) in [7, 11) is 0. The molecule has 0 atom stereocenters. The van der Waals surface area contributed by atoms with Crippen molar-refractivity contribution in [3.05, 3.63) is 76.1 Å². The number of amides is 1. The van der Waals surface area contributed by atoms with E-state index in [0.717, 1.165) is 29.9 Å². The maximum atomic E-state index is 12.7. The predicted octanol–water partition coefficient (Wildman–Crippen LogP) is 6.75. The van der Waals surface area contributed by atoms with Gasteiger partial charge in [-0.15, -0.1) is 11.3 Å². The van der Waals surface area contributed by atoms with Crippen molar-refractivity contribution in [2.45, 2.75) is 34.2 Å². The first kappa shape index (κ1) is 28.7. The third-order valence-electron chi connectivity index (χ3n) is 6.32. The van der Waals surface area contributed by atoms with Gasteiger partial charge in [0.2, 0.25) is 5.88 Å². The van der Waals surface area contributed by atoms with Crippen molar-refractivity contribution in [3.8, 4) is 33.3 Å². The number of ether oxygens (including phenoxy) is 2. The number of halogens is 1. The van der Waals surface area contributed by atoms with Crippen LogP contribution in [0.1, 0.15) is 36.7 Å². The number of aromatic nitrogens is 2. The Balaban J connectivity index is 1.43. The maximum Gasteiger partial charge on any atom is 0.252 e. The average Bonchev–Trinajstić information content (AvgIpc) is 3.56. The van der Waals surface area contributed by atoms with Gasteiger partial charge < -0.3 is 14.8 Å². The Hall–Kier alpha value is -3.33. The quantitative estimate of drug-likeness (QED) is 0.181. The molecular formula is C30H35ClN4O3S. The average molecular weight is 567 g/mol. The molecule has 39 heavy (non-hydrogen) atoms. The van der Waals surface area contributed by atoms with E-state index in [-0.39, 0.29) is 5.91 Å². The van der Waals surface area contributed by atoms with Gasteiger partial charge in [0, 0.05) is 22.1 Å². The number of nitrogens with one attached hydrogen (secondary N) is 1. The van der Waals surface area contributed by atoms with Gasteiger partial charge in [0.15, 0.2) is 0 Å². The highest BCUT2D eigenvalue weighted by molar-refractivity contribution is 7.13. The molecule has 2 aromatic heterocycles. The maximum absolute atomic E-state index is 12.7. The van der Waals surface area contributed by atoms with Gasteiger partial charge in [-0.25, -0.2) is 4.68 Å². The van der Waals surface area contributed by atoms with Gasteiger partial charge in [-0.05, 0) is 79.8 Å². The highest BCUT2D eigenvalue weighted by Crippen LogP contribution is 2.33. The Morgan fingerprint density at radius 3 is 2.56 bits per heavy atom. The fourth-order valence-electron chi connectivity index (χ4n) is 4.11. The van der Waals surface area contributed by atoms with Crippen LogP contribution < -0.4 is 14.8 Å². The standard InChI is InChI=1S/C30H35ClN4O3S/c1-5-34(6-2)20-32-30(36)24-10-8-9-22(16-24)26-18-29(37-7-3)35(33-26)13-14-38-27-12-11-23(17-25(27)31)28-15-21(4)19-39-28/h8-12,15-19H,5-7,13-14,20H2,1-4H3,(H,32,36). The summed E-state index contributed by atoms with van der Waals surface area (Å²) in [4.78, 5) is 16.1. The minimum absolute atomic E-state index is 0.112. The number of nitrogens with zero attached hydrogens (tertiary/aromatic N) is 3. The number of hydrogen-bond donors (Lipinski definition) is 1. The molecule has 0 fully saturated rings. The van der Waals surface area contributed by atoms with Crippen molar-refractivity contribution >= 4 is 28.8 Å². The van der Waals surface area contributed by atoms with E-state index in [4.69, 9.17) is 26.2 Å². The van der Waals surface area contributed by atoms with Crippen LogP contribution in [0.2, 0.25) is 5.02 Å². The van der Waals surface area contributed by atoms with Gasteiger partial charge in [0.1, 0.15) is 12.4 Å². The van der Waals surface area contributed by atoms with Crippen LogP contribution in [0.4, 0.5) is 0 Å². The van der Waals surface area contributed by atoms with Crippen molar-refractivity contribution in [2.24, 2.45) is 0 Å². The number of benzene rings is 2. The van der Waals surface area contributed by atoms with Crippen molar-refractivity contribution in [1.82, 2.24) is 20.0 Å². The molecule has 0 saturated carbocycles. The summed E-state index contributed by atoms with van der Waals surface area (Å²) < 4.78 is 13.6. The largest absolute Gasteiger partial charge is 0.490 e. The molecule has 0 unspecified atom stereocenters. The first-order chi connectivity index (χ1) is 18.9. The molecule has 4 rings (SSSR count). The smallest absolute Gasteiger partial charge is 0.252 e. The molecule has 7 nitrogen and oxygen atoms in total.